The molecule has 2 aliphatic rings. The van der Waals surface area contributed by atoms with Crippen LogP contribution in [0.15, 0.2) is 12.4 Å². The maximum atomic E-state index is 12.2. The molecule has 3 rings (SSSR count). The smallest absolute Gasteiger partial charge is 0.311 e. The van der Waals surface area contributed by atoms with E-state index in [0.29, 0.717) is 24.8 Å². The Kier molecular flexibility index (Phi) is 4.18. The van der Waals surface area contributed by atoms with Gasteiger partial charge in [-0.2, -0.15) is 5.10 Å². The number of rotatable bonds is 5. The topological polar surface area (TPSA) is 73.2 Å². The van der Waals surface area contributed by atoms with E-state index in [2.05, 4.69) is 10.4 Å². The largest absolute Gasteiger partial charge is 0.469 e. The van der Waals surface area contributed by atoms with E-state index < -0.39 is 0 Å². The molecule has 0 radical (unpaired) electrons. The molecule has 0 spiro atoms. The molecule has 0 aromatic carbocycles. The molecule has 1 heterocycles. The minimum absolute atomic E-state index is 0.0143. The minimum Gasteiger partial charge on any atom is -0.469 e. The van der Waals surface area contributed by atoms with Crippen LogP contribution in [0.3, 0.4) is 0 Å². The number of aryl methyl sites for hydroxylation is 2. The molecule has 1 aromatic heterocycles. The fourth-order valence-corrected chi connectivity index (χ4v) is 4.04. The third kappa shape index (κ3) is 2.87. The number of aromatic nitrogens is 2. The molecule has 2 bridgehead atoms. The van der Waals surface area contributed by atoms with Crippen LogP contribution < -0.4 is 5.32 Å². The van der Waals surface area contributed by atoms with Crippen molar-refractivity contribution in [1.29, 1.82) is 0 Å². The number of esters is 1. The fraction of sp³-hybridized carbons (Fsp3) is 0.688. The third-order valence-electron chi connectivity index (χ3n) is 5.05. The summed E-state index contributed by atoms with van der Waals surface area (Å²) in [5.41, 5.74) is 1.08. The number of methoxy groups -OCH3 is 1. The Morgan fingerprint density at radius 2 is 2.18 bits per heavy atom. The number of carbonyl (C=O) groups is 2. The monoisotopic (exact) mass is 305 g/mol. The Bertz CT molecular complexity index is 569. The van der Waals surface area contributed by atoms with Gasteiger partial charge in [-0.3, -0.25) is 14.3 Å². The van der Waals surface area contributed by atoms with Gasteiger partial charge in [0.1, 0.15) is 0 Å². The maximum absolute atomic E-state index is 12.2. The average Bonchev–Trinajstić information content (AvgIpc) is 3.20. The first-order valence-electron chi connectivity index (χ1n) is 7.94. The molecule has 0 aliphatic heterocycles. The Morgan fingerprint density at radius 1 is 1.41 bits per heavy atom. The summed E-state index contributed by atoms with van der Waals surface area (Å²) in [4.78, 5) is 24.2. The second-order valence-corrected chi connectivity index (χ2v) is 6.51. The lowest BCUT2D eigenvalue weighted by Crippen LogP contribution is -2.47. The van der Waals surface area contributed by atoms with Crippen molar-refractivity contribution in [3.05, 3.63) is 18.0 Å². The van der Waals surface area contributed by atoms with Crippen LogP contribution in [-0.2, 0) is 20.9 Å². The van der Waals surface area contributed by atoms with Crippen molar-refractivity contribution in [3.63, 3.8) is 0 Å². The molecule has 2 saturated carbocycles. The highest BCUT2D eigenvalue weighted by atomic mass is 16.5. The Morgan fingerprint density at radius 3 is 2.86 bits per heavy atom. The van der Waals surface area contributed by atoms with Crippen LogP contribution >= 0.6 is 0 Å². The van der Waals surface area contributed by atoms with Crippen molar-refractivity contribution in [2.75, 3.05) is 7.11 Å². The van der Waals surface area contributed by atoms with Crippen molar-refractivity contribution >= 4 is 11.9 Å². The SMILES string of the molecule is COC(=O)[C@H]1[C@H]2CC[C@@H](C2)[C@@H]1NC(=O)CCn1cc(C)cn1. The predicted octanol–water partition coefficient (Wildman–Crippen LogP) is 1.29. The average molecular weight is 305 g/mol. The lowest BCUT2D eigenvalue weighted by Gasteiger charge is -2.29. The van der Waals surface area contributed by atoms with Gasteiger partial charge in [0.2, 0.25) is 5.91 Å². The van der Waals surface area contributed by atoms with E-state index in [0.717, 1.165) is 24.8 Å². The van der Waals surface area contributed by atoms with Gasteiger partial charge >= 0.3 is 5.97 Å². The quantitative estimate of drug-likeness (QED) is 0.832. The first-order valence-corrected chi connectivity index (χ1v) is 7.94. The van der Waals surface area contributed by atoms with Gasteiger partial charge in [0.05, 0.1) is 19.2 Å². The van der Waals surface area contributed by atoms with Gasteiger partial charge in [-0.15, -0.1) is 0 Å². The zero-order valence-corrected chi connectivity index (χ0v) is 13.1. The number of nitrogens with one attached hydrogen (secondary N) is 1. The van der Waals surface area contributed by atoms with Crippen LogP contribution in [0.25, 0.3) is 0 Å². The van der Waals surface area contributed by atoms with E-state index in [1.807, 2.05) is 13.1 Å². The van der Waals surface area contributed by atoms with E-state index in [9.17, 15) is 9.59 Å². The first kappa shape index (κ1) is 15.1. The highest BCUT2D eigenvalue weighted by Gasteiger charge is 2.51. The number of amides is 1. The van der Waals surface area contributed by atoms with Gasteiger partial charge in [-0.05, 0) is 43.6 Å². The van der Waals surface area contributed by atoms with Gasteiger partial charge in [0.15, 0.2) is 0 Å². The van der Waals surface area contributed by atoms with Crippen molar-refractivity contribution < 1.29 is 14.3 Å². The van der Waals surface area contributed by atoms with E-state index in [4.69, 9.17) is 4.74 Å². The Balaban J connectivity index is 1.57. The summed E-state index contributed by atoms with van der Waals surface area (Å²) >= 11 is 0. The predicted molar refractivity (Wildman–Crippen MR) is 79.8 cm³/mol. The molecule has 4 atom stereocenters. The summed E-state index contributed by atoms with van der Waals surface area (Å²) in [6.07, 6.45) is 7.28. The standard InChI is InChI=1S/C16H23N3O3/c1-10-8-17-19(9-10)6-5-13(20)18-15-12-4-3-11(7-12)14(15)16(21)22-2/h8-9,11-12,14-15H,3-7H2,1-2H3,(H,18,20)/t11-,12-,14-,15-/m0/s1. The molecule has 120 valence electrons. The highest BCUT2D eigenvalue weighted by molar-refractivity contribution is 5.79. The van der Waals surface area contributed by atoms with Gasteiger partial charge in [-0.25, -0.2) is 0 Å². The number of carbonyl (C=O) groups excluding carboxylic acids is 2. The molecule has 6 heteroatoms. The van der Waals surface area contributed by atoms with E-state index in [1.165, 1.54) is 7.11 Å². The van der Waals surface area contributed by atoms with Crippen LogP contribution in [-0.4, -0.2) is 34.8 Å². The second-order valence-electron chi connectivity index (χ2n) is 6.51. The molecule has 0 saturated heterocycles. The summed E-state index contributed by atoms with van der Waals surface area (Å²) in [5.74, 6) is 0.431. The molecular weight excluding hydrogens is 282 g/mol. The minimum atomic E-state index is -0.180. The molecule has 1 aromatic rings. The molecule has 6 nitrogen and oxygen atoms in total. The van der Waals surface area contributed by atoms with Crippen LogP contribution in [0.5, 0.6) is 0 Å². The molecule has 22 heavy (non-hydrogen) atoms. The molecule has 1 amide bonds. The molecular formula is C16H23N3O3. The van der Waals surface area contributed by atoms with Crippen LogP contribution in [0.2, 0.25) is 0 Å². The number of ether oxygens (including phenoxy) is 1. The van der Waals surface area contributed by atoms with Gasteiger partial charge in [-0.1, -0.05) is 0 Å². The number of hydrogen-bond donors (Lipinski definition) is 1. The van der Waals surface area contributed by atoms with Crippen molar-refractivity contribution in [2.45, 2.75) is 45.2 Å². The normalized spacial score (nSPS) is 29.5. The van der Waals surface area contributed by atoms with E-state index in [1.54, 1.807) is 10.9 Å². The number of hydrogen-bond acceptors (Lipinski definition) is 4. The zero-order valence-electron chi connectivity index (χ0n) is 13.1. The second kappa shape index (κ2) is 6.10. The summed E-state index contributed by atoms with van der Waals surface area (Å²) in [5, 5.41) is 7.25. The molecule has 2 aliphatic carbocycles. The van der Waals surface area contributed by atoms with Crippen molar-refractivity contribution in [2.24, 2.45) is 17.8 Å². The zero-order chi connectivity index (χ0) is 15.7. The number of nitrogens with zero attached hydrogens (tertiary/aromatic N) is 2. The molecule has 2 fully saturated rings. The summed E-state index contributed by atoms with van der Waals surface area (Å²) in [7, 11) is 1.42. The highest BCUT2D eigenvalue weighted by Crippen LogP contribution is 2.48. The maximum Gasteiger partial charge on any atom is 0.311 e. The molecule has 0 unspecified atom stereocenters. The molecule has 1 N–H and O–H groups in total. The number of fused-ring (bicyclic) bond motifs is 2. The van der Waals surface area contributed by atoms with Crippen molar-refractivity contribution in [3.8, 4) is 0 Å². The van der Waals surface area contributed by atoms with Crippen LogP contribution in [0.1, 0.15) is 31.2 Å². The lowest BCUT2D eigenvalue weighted by atomic mass is 9.84. The van der Waals surface area contributed by atoms with Crippen LogP contribution in [0, 0.1) is 24.7 Å². The summed E-state index contributed by atoms with van der Waals surface area (Å²) in [6.45, 7) is 2.53. The van der Waals surface area contributed by atoms with E-state index >= 15 is 0 Å². The third-order valence-corrected chi connectivity index (χ3v) is 5.05. The fourth-order valence-electron chi connectivity index (χ4n) is 4.04. The first-order chi connectivity index (χ1) is 10.6. The lowest BCUT2D eigenvalue weighted by molar-refractivity contribution is -0.148. The summed E-state index contributed by atoms with van der Waals surface area (Å²) < 4.78 is 6.70. The van der Waals surface area contributed by atoms with Crippen LogP contribution in [0.4, 0.5) is 0 Å². The van der Waals surface area contributed by atoms with Gasteiger partial charge < -0.3 is 10.1 Å². The van der Waals surface area contributed by atoms with Gasteiger partial charge in [0.25, 0.3) is 0 Å². The van der Waals surface area contributed by atoms with Crippen molar-refractivity contribution in [1.82, 2.24) is 15.1 Å². The van der Waals surface area contributed by atoms with E-state index in [-0.39, 0.29) is 23.8 Å². The van der Waals surface area contributed by atoms with Gasteiger partial charge in [0, 0.05) is 25.2 Å². The summed E-state index contributed by atoms with van der Waals surface area (Å²) in [6, 6.07) is -0.0574. The Hall–Kier alpha value is -1.85. The Labute approximate surface area is 130 Å².